The second-order valence-electron chi connectivity index (χ2n) is 4.94. The fourth-order valence-electron chi connectivity index (χ4n) is 2.43. The zero-order valence-corrected chi connectivity index (χ0v) is 11.3. The fraction of sp³-hybridized carbons (Fsp3) is 0.267. The molecule has 1 saturated heterocycles. The minimum atomic E-state index is -1.04. The molecule has 0 atom stereocenters. The molecule has 1 aliphatic heterocycles. The molecule has 0 aliphatic carbocycles. The fourth-order valence-corrected chi connectivity index (χ4v) is 2.43. The lowest BCUT2D eigenvalue weighted by Gasteiger charge is -2.18. The van der Waals surface area contributed by atoms with Crippen LogP contribution in [0.2, 0.25) is 0 Å². The quantitative estimate of drug-likeness (QED) is 0.939. The van der Waals surface area contributed by atoms with E-state index in [4.69, 9.17) is 0 Å². The molecule has 0 saturated carbocycles. The van der Waals surface area contributed by atoms with Gasteiger partial charge in [-0.25, -0.2) is 19.2 Å². The van der Waals surface area contributed by atoms with E-state index in [1.54, 1.807) is 12.1 Å². The van der Waals surface area contributed by atoms with Crippen LogP contribution >= 0.6 is 0 Å². The summed E-state index contributed by atoms with van der Waals surface area (Å²) < 4.78 is 13.0. The van der Waals surface area contributed by atoms with Gasteiger partial charge >= 0.3 is 5.97 Å². The second-order valence-corrected chi connectivity index (χ2v) is 4.94. The molecule has 0 amide bonds. The Hall–Kier alpha value is -2.50. The molecule has 1 aromatic carbocycles. The molecule has 2 aromatic rings. The Labute approximate surface area is 121 Å². The van der Waals surface area contributed by atoms with Crippen LogP contribution in [-0.2, 0) is 0 Å². The van der Waals surface area contributed by atoms with E-state index >= 15 is 0 Å². The van der Waals surface area contributed by atoms with Gasteiger partial charge in [0.1, 0.15) is 17.2 Å². The van der Waals surface area contributed by atoms with Crippen molar-refractivity contribution in [2.45, 2.75) is 12.8 Å². The summed E-state index contributed by atoms with van der Waals surface area (Å²) in [4.78, 5) is 21.7. The van der Waals surface area contributed by atoms with Gasteiger partial charge in [0.2, 0.25) is 0 Å². The number of aromatic nitrogens is 2. The number of halogens is 1. The van der Waals surface area contributed by atoms with Crippen molar-refractivity contribution in [3.63, 3.8) is 0 Å². The summed E-state index contributed by atoms with van der Waals surface area (Å²) in [7, 11) is 0. The van der Waals surface area contributed by atoms with Gasteiger partial charge in [-0.2, -0.15) is 0 Å². The van der Waals surface area contributed by atoms with Crippen molar-refractivity contribution < 1.29 is 14.3 Å². The number of benzene rings is 1. The Morgan fingerprint density at radius 3 is 2.48 bits per heavy atom. The molecule has 2 heterocycles. The lowest BCUT2D eigenvalue weighted by molar-refractivity contribution is 0.0696. The molecule has 0 bridgehead atoms. The number of hydrogen-bond donors (Lipinski definition) is 1. The SMILES string of the molecule is O=C(O)c1cnc(-c2ccc(F)cc2)nc1N1CCCC1. The molecule has 108 valence electrons. The van der Waals surface area contributed by atoms with Crippen LogP contribution in [0.4, 0.5) is 10.2 Å². The van der Waals surface area contributed by atoms with Gasteiger partial charge in [-0.15, -0.1) is 0 Å². The summed E-state index contributed by atoms with van der Waals surface area (Å²) in [6.07, 6.45) is 3.37. The Bertz CT molecular complexity index is 667. The molecule has 1 aromatic heterocycles. The molecule has 1 aliphatic rings. The summed E-state index contributed by atoms with van der Waals surface area (Å²) in [6, 6.07) is 5.83. The first kappa shape index (κ1) is 13.5. The number of carbonyl (C=O) groups is 1. The number of nitrogens with zero attached hydrogens (tertiary/aromatic N) is 3. The van der Waals surface area contributed by atoms with Gasteiger partial charge in [-0.3, -0.25) is 0 Å². The standard InChI is InChI=1S/C15H14FN3O2/c16-11-5-3-10(4-6-11)13-17-9-12(15(20)21)14(18-13)19-7-1-2-8-19/h3-6,9H,1-2,7-8H2,(H,20,21). The Morgan fingerprint density at radius 1 is 1.19 bits per heavy atom. The van der Waals surface area contributed by atoms with E-state index in [0.717, 1.165) is 25.9 Å². The van der Waals surface area contributed by atoms with E-state index in [9.17, 15) is 14.3 Å². The molecule has 5 nitrogen and oxygen atoms in total. The monoisotopic (exact) mass is 287 g/mol. The summed E-state index contributed by atoms with van der Waals surface area (Å²) in [5.74, 6) is -0.528. The van der Waals surface area contributed by atoms with Crippen molar-refractivity contribution in [3.8, 4) is 11.4 Å². The topological polar surface area (TPSA) is 66.3 Å². The smallest absolute Gasteiger partial charge is 0.341 e. The molecule has 1 N–H and O–H groups in total. The Morgan fingerprint density at radius 2 is 1.86 bits per heavy atom. The summed E-state index contributed by atoms with van der Waals surface area (Å²) in [6.45, 7) is 1.58. The summed E-state index contributed by atoms with van der Waals surface area (Å²) in [5.41, 5.74) is 0.761. The maximum absolute atomic E-state index is 13.0. The highest BCUT2D eigenvalue weighted by Gasteiger charge is 2.22. The van der Waals surface area contributed by atoms with Gasteiger partial charge in [0.25, 0.3) is 0 Å². The van der Waals surface area contributed by atoms with Gasteiger partial charge < -0.3 is 10.0 Å². The average Bonchev–Trinajstić information content (AvgIpc) is 3.01. The molecule has 6 heteroatoms. The largest absolute Gasteiger partial charge is 0.477 e. The molecular weight excluding hydrogens is 273 g/mol. The second kappa shape index (κ2) is 5.47. The minimum Gasteiger partial charge on any atom is -0.477 e. The first-order chi connectivity index (χ1) is 10.1. The van der Waals surface area contributed by atoms with Crippen molar-refractivity contribution in [3.05, 3.63) is 41.8 Å². The van der Waals surface area contributed by atoms with E-state index in [2.05, 4.69) is 9.97 Å². The van der Waals surface area contributed by atoms with Gasteiger partial charge in [-0.1, -0.05) is 0 Å². The van der Waals surface area contributed by atoms with Crippen LogP contribution in [-0.4, -0.2) is 34.1 Å². The minimum absolute atomic E-state index is 0.0998. The van der Waals surface area contributed by atoms with Crippen LogP contribution in [0.15, 0.2) is 30.5 Å². The molecule has 21 heavy (non-hydrogen) atoms. The Balaban J connectivity index is 2.05. The third-order valence-corrected chi connectivity index (χ3v) is 3.51. The van der Waals surface area contributed by atoms with Crippen LogP contribution < -0.4 is 4.90 Å². The summed E-state index contributed by atoms with van der Waals surface area (Å²) in [5, 5.41) is 9.27. The van der Waals surface area contributed by atoms with E-state index in [0.29, 0.717) is 17.2 Å². The molecule has 3 rings (SSSR count). The van der Waals surface area contributed by atoms with Crippen molar-refractivity contribution in [2.24, 2.45) is 0 Å². The molecule has 1 fully saturated rings. The van der Waals surface area contributed by atoms with Crippen molar-refractivity contribution in [1.29, 1.82) is 0 Å². The number of rotatable bonds is 3. The van der Waals surface area contributed by atoms with E-state index < -0.39 is 5.97 Å². The zero-order valence-electron chi connectivity index (χ0n) is 11.3. The maximum atomic E-state index is 13.0. The van der Waals surface area contributed by atoms with Crippen LogP contribution in [0.25, 0.3) is 11.4 Å². The average molecular weight is 287 g/mol. The van der Waals surface area contributed by atoms with Crippen LogP contribution in [0.5, 0.6) is 0 Å². The first-order valence-corrected chi connectivity index (χ1v) is 6.76. The predicted octanol–water partition coefficient (Wildman–Crippen LogP) is 2.58. The van der Waals surface area contributed by atoms with Crippen molar-refractivity contribution in [1.82, 2.24) is 9.97 Å². The van der Waals surface area contributed by atoms with Gasteiger partial charge in [0.05, 0.1) is 0 Å². The van der Waals surface area contributed by atoms with Gasteiger partial charge in [0, 0.05) is 24.8 Å². The maximum Gasteiger partial charge on any atom is 0.341 e. The zero-order chi connectivity index (χ0) is 14.8. The van der Waals surface area contributed by atoms with Gasteiger partial charge in [-0.05, 0) is 37.1 Å². The third kappa shape index (κ3) is 2.69. The molecule has 0 radical (unpaired) electrons. The number of carboxylic acids is 1. The number of aromatic carboxylic acids is 1. The van der Waals surface area contributed by atoms with E-state index in [1.807, 2.05) is 4.90 Å². The highest BCUT2D eigenvalue weighted by molar-refractivity contribution is 5.93. The number of hydrogen-bond acceptors (Lipinski definition) is 4. The predicted molar refractivity (Wildman–Crippen MR) is 75.8 cm³/mol. The normalized spacial score (nSPS) is 14.4. The highest BCUT2D eigenvalue weighted by Crippen LogP contribution is 2.25. The lowest BCUT2D eigenvalue weighted by Crippen LogP contribution is -2.22. The van der Waals surface area contributed by atoms with Crippen LogP contribution in [0.1, 0.15) is 23.2 Å². The molecule has 0 spiro atoms. The summed E-state index contributed by atoms with van der Waals surface area (Å²) >= 11 is 0. The van der Waals surface area contributed by atoms with Gasteiger partial charge in [0.15, 0.2) is 5.82 Å². The Kier molecular flexibility index (Phi) is 3.51. The first-order valence-electron chi connectivity index (χ1n) is 6.76. The van der Waals surface area contributed by atoms with Crippen molar-refractivity contribution >= 4 is 11.8 Å². The van der Waals surface area contributed by atoms with Crippen molar-refractivity contribution in [2.75, 3.05) is 18.0 Å². The third-order valence-electron chi connectivity index (χ3n) is 3.51. The molecular formula is C15H14FN3O2. The highest BCUT2D eigenvalue weighted by atomic mass is 19.1. The number of anilines is 1. The number of carboxylic acid groups (broad SMARTS) is 1. The van der Waals surface area contributed by atoms with Crippen LogP contribution in [0.3, 0.4) is 0 Å². The van der Waals surface area contributed by atoms with E-state index in [-0.39, 0.29) is 11.4 Å². The lowest BCUT2D eigenvalue weighted by atomic mass is 10.2. The van der Waals surface area contributed by atoms with E-state index in [1.165, 1.54) is 18.3 Å². The molecule has 0 unspecified atom stereocenters. The van der Waals surface area contributed by atoms with Crippen LogP contribution in [0, 0.1) is 5.82 Å².